The van der Waals surface area contributed by atoms with Gasteiger partial charge in [-0.25, -0.2) is 0 Å². The molecule has 39 heavy (non-hydrogen) atoms. The predicted molar refractivity (Wildman–Crippen MR) is 146 cm³/mol. The molecule has 2 saturated heterocycles. The summed E-state index contributed by atoms with van der Waals surface area (Å²) in [7, 11) is 1.56. The van der Waals surface area contributed by atoms with Crippen LogP contribution in [0.2, 0.25) is 0 Å². The number of carbonyl (C=O) groups excluding carboxylic acids is 2. The topological polar surface area (TPSA) is 88.5 Å². The molecule has 202 valence electrons. The second-order valence-electron chi connectivity index (χ2n) is 9.52. The Hall–Kier alpha value is -4.14. The van der Waals surface area contributed by atoms with Crippen LogP contribution >= 0.6 is 0 Å². The summed E-state index contributed by atoms with van der Waals surface area (Å²) in [6, 6.07) is 23.3. The van der Waals surface area contributed by atoms with E-state index in [9.17, 15) is 14.7 Å². The number of nitrogens with zero attached hydrogens (tertiary/aromatic N) is 2. The van der Waals surface area contributed by atoms with Gasteiger partial charge in [0.1, 0.15) is 23.9 Å². The molecule has 1 N–H and O–H groups in total. The summed E-state index contributed by atoms with van der Waals surface area (Å²) in [5.41, 5.74) is 2.29. The van der Waals surface area contributed by atoms with Crippen molar-refractivity contribution in [3.05, 3.63) is 101 Å². The number of Topliss-reactive ketones (excluding diaryl/α,β-unsaturated/α-hetero) is 1. The molecule has 0 aliphatic carbocycles. The first-order valence-corrected chi connectivity index (χ1v) is 13.0. The van der Waals surface area contributed by atoms with Crippen LogP contribution in [0.3, 0.4) is 0 Å². The summed E-state index contributed by atoms with van der Waals surface area (Å²) in [6.07, 6.45) is 0. The van der Waals surface area contributed by atoms with Gasteiger partial charge < -0.3 is 24.2 Å². The van der Waals surface area contributed by atoms with Crippen LogP contribution in [-0.2, 0) is 20.9 Å². The van der Waals surface area contributed by atoms with Crippen molar-refractivity contribution in [2.45, 2.75) is 12.6 Å². The molecule has 3 aromatic carbocycles. The van der Waals surface area contributed by atoms with Gasteiger partial charge in [-0.05, 0) is 47.5 Å². The highest BCUT2D eigenvalue weighted by molar-refractivity contribution is 6.46. The van der Waals surface area contributed by atoms with Crippen LogP contribution in [0.1, 0.15) is 22.7 Å². The molecule has 2 heterocycles. The largest absolute Gasteiger partial charge is 0.507 e. The Kier molecular flexibility index (Phi) is 8.24. The molecule has 5 rings (SSSR count). The minimum absolute atomic E-state index is 0.0742. The smallest absolute Gasteiger partial charge is 0.295 e. The molecule has 0 bridgehead atoms. The Bertz CT molecular complexity index is 1320. The summed E-state index contributed by atoms with van der Waals surface area (Å²) in [4.78, 5) is 30.4. The first kappa shape index (κ1) is 26.5. The molecule has 0 saturated carbocycles. The molecule has 1 amide bonds. The molecule has 2 fully saturated rings. The van der Waals surface area contributed by atoms with Crippen LogP contribution in [-0.4, -0.2) is 73.1 Å². The van der Waals surface area contributed by atoms with Crippen LogP contribution < -0.4 is 9.47 Å². The van der Waals surface area contributed by atoms with Crippen molar-refractivity contribution in [1.29, 1.82) is 0 Å². The van der Waals surface area contributed by atoms with Gasteiger partial charge in [0.05, 0.1) is 31.9 Å². The second kappa shape index (κ2) is 12.1. The third-order valence-electron chi connectivity index (χ3n) is 7.11. The maximum atomic E-state index is 13.3. The van der Waals surface area contributed by atoms with Gasteiger partial charge in [0.15, 0.2) is 0 Å². The highest BCUT2D eigenvalue weighted by atomic mass is 16.5. The number of aliphatic hydroxyl groups excluding tert-OH is 1. The van der Waals surface area contributed by atoms with Gasteiger partial charge in [0, 0.05) is 31.7 Å². The Balaban J connectivity index is 1.44. The van der Waals surface area contributed by atoms with Crippen molar-refractivity contribution in [1.82, 2.24) is 9.80 Å². The molecule has 8 heteroatoms. The van der Waals surface area contributed by atoms with Crippen molar-refractivity contribution in [2.24, 2.45) is 0 Å². The molecular weight excluding hydrogens is 496 g/mol. The monoisotopic (exact) mass is 528 g/mol. The average molecular weight is 529 g/mol. The number of benzene rings is 3. The molecule has 2 aliphatic rings. The number of hydrogen-bond acceptors (Lipinski definition) is 7. The molecule has 0 radical (unpaired) electrons. The summed E-state index contributed by atoms with van der Waals surface area (Å²) in [5, 5.41) is 11.3. The number of methoxy groups -OCH3 is 1. The number of ether oxygens (including phenoxy) is 3. The maximum Gasteiger partial charge on any atom is 0.295 e. The van der Waals surface area contributed by atoms with E-state index in [1.165, 1.54) is 0 Å². The second-order valence-corrected chi connectivity index (χ2v) is 9.52. The quantitative estimate of drug-likeness (QED) is 0.255. The Morgan fingerprint density at radius 1 is 0.897 bits per heavy atom. The number of ketones is 1. The summed E-state index contributed by atoms with van der Waals surface area (Å²) >= 11 is 0. The van der Waals surface area contributed by atoms with E-state index in [4.69, 9.17) is 14.2 Å². The number of carbonyl (C=O) groups is 2. The van der Waals surface area contributed by atoms with Gasteiger partial charge in [0.2, 0.25) is 0 Å². The van der Waals surface area contributed by atoms with Crippen molar-refractivity contribution in [3.63, 3.8) is 0 Å². The van der Waals surface area contributed by atoms with Crippen LogP contribution in [0, 0.1) is 0 Å². The predicted octanol–water partition coefficient (Wildman–Crippen LogP) is 4.03. The van der Waals surface area contributed by atoms with E-state index in [0.717, 1.165) is 24.2 Å². The highest BCUT2D eigenvalue weighted by Crippen LogP contribution is 2.40. The third kappa shape index (κ3) is 5.97. The van der Waals surface area contributed by atoms with Gasteiger partial charge in [-0.3, -0.25) is 14.5 Å². The average Bonchev–Trinajstić information content (AvgIpc) is 3.25. The lowest BCUT2D eigenvalue weighted by Gasteiger charge is -2.31. The molecular formula is C31H32N2O6. The van der Waals surface area contributed by atoms with E-state index in [2.05, 4.69) is 4.90 Å². The summed E-state index contributed by atoms with van der Waals surface area (Å²) < 4.78 is 16.6. The fourth-order valence-electron chi connectivity index (χ4n) is 4.92. The third-order valence-corrected chi connectivity index (χ3v) is 7.11. The van der Waals surface area contributed by atoms with Crippen LogP contribution in [0.4, 0.5) is 0 Å². The lowest BCUT2D eigenvalue weighted by Crippen LogP contribution is -2.42. The molecule has 3 aromatic rings. The zero-order valence-corrected chi connectivity index (χ0v) is 21.9. The normalized spacial score (nSPS) is 19.3. The first-order chi connectivity index (χ1) is 19.0. The Morgan fingerprint density at radius 2 is 1.56 bits per heavy atom. The molecule has 0 spiro atoms. The first-order valence-electron chi connectivity index (χ1n) is 13.0. The van der Waals surface area contributed by atoms with E-state index >= 15 is 0 Å². The van der Waals surface area contributed by atoms with Gasteiger partial charge in [0.25, 0.3) is 11.7 Å². The summed E-state index contributed by atoms with van der Waals surface area (Å²) in [6.45, 7) is 4.21. The number of morpholine rings is 1. The molecule has 1 unspecified atom stereocenters. The molecule has 0 aromatic heterocycles. The lowest BCUT2D eigenvalue weighted by molar-refractivity contribution is -0.140. The standard InChI is InChI=1S/C31H32N2O6/c1-37-25-11-9-24(10-12-25)29(34)27-28(33(31(36)30(27)35)16-15-32-17-19-38-20-18-32)23-7-13-26(14-8-23)39-21-22-5-3-2-4-6-22/h2-14,28,34H,15-21H2,1H3/b29-27+. The minimum Gasteiger partial charge on any atom is -0.507 e. The summed E-state index contributed by atoms with van der Waals surface area (Å²) in [5.74, 6) is -0.227. The fourth-order valence-corrected chi connectivity index (χ4v) is 4.92. The van der Waals surface area contributed by atoms with Crippen molar-refractivity contribution < 1.29 is 28.9 Å². The molecule has 8 nitrogen and oxygen atoms in total. The van der Waals surface area contributed by atoms with Crippen LogP contribution in [0.15, 0.2) is 84.4 Å². The van der Waals surface area contributed by atoms with Crippen LogP contribution in [0.5, 0.6) is 11.5 Å². The van der Waals surface area contributed by atoms with Crippen molar-refractivity contribution in [3.8, 4) is 11.5 Å². The van der Waals surface area contributed by atoms with Gasteiger partial charge in [-0.15, -0.1) is 0 Å². The van der Waals surface area contributed by atoms with Crippen LogP contribution in [0.25, 0.3) is 5.76 Å². The van der Waals surface area contributed by atoms with E-state index in [-0.39, 0.29) is 11.3 Å². The van der Waals surface area contributed by atoms with Gasteiger partial charge in [-0.2, -0.15) is 0 Å². The van der Waals surface area contributed by atoms with E-state index in [1.54, 1.807) is 36.3 Å². The fraction of sp³-hybridized carbons (Fsp3) is 0.290. The zero-order valence-electron chi connectivity index (χ0n) is 21.9. The number of rotatable bonds is 9. The Labute approximate surface area is 228 Å². The maximum absolute atomic E-state index is 13.3. The highest BCUT2D eigenvalue weighted by Gasteiger charge is 2.46. The minimum atomic E-state index is -0.726. The lowest BCUT2D eigenvalue weighted by atomic mass is 9.95. The van der Waals surface area contributed by atoms with Crippen molar-refractivity contribution in [2.75, 3.05) is 46.5 Å². The van der Waals surface area contributed by atoms with Gasteiger partial charge >= 0.3 is 0 Å². The van der Waals surface area contributed by atoms with E-state index in [0.29, 0.717) is 50.0 Å². The number of hydrogen-bond donors (Lipinski definition) is 1. The molecule has 1 atom stereocenters. The zero-order chi connectivity index (χ0) is 27.2. The SMILES string of the molecule is COc1ccc(/C(O)=C2\C(=O)C(=O)N(CCN3CCOCC3)C2c2ccc(OCc3ccccc3)cc2)cc1. The van der Waals surface area contributed by atoms with Gasteiger partial charge in [-0.1, -0.05) is 42.5 Å². The number of likely N-dealkylation sites (tertiary alicyclic amines) is 1. The van der Waals surface area contributed by atoms with Crippen molar-refractivity contribution >= 4 is 17.4 Å². The Morgan fingerprint density at radius 3 is 2.23 bits per heavy atom. The van der Waals surface area contributed by atoms with E-state index < -0.39 is 17.7 Å². The number of amides is 1. The molecule has 2 aliphatic heterocycles. The van der Waals surface area contributed by atoms with E-state index in [1.807, 2.05) is 54.6 Å². The number of aliphatic hydroxyl groups is 1.